The lowest BCUT2D eigenvalue weighted by molar-refractivity contribution is 0.148. The van der Waals surface area contributed by atoms with E-state index in [9.17, 15) is 9.90 Å². The van der Waals surface area contributed by atoms with Crippen LogP contribution in [0.5, 0.6) is 0 Å². The second kappa shape index (κ2) is 6.93. The van der Waals surface area contributed by atoms with Crippen molar-refractivity contribution in [1.82, 2.24) is 15.6 Å². The molecule has 1 atom stereocenters. The second-order valence-electron chi connectivity index (χ2n) is 4.06. The first-order valence-electron chi connectivity index (χ1n) is 5.99. The number of amides is 2. The predicted molar refractivity (Wildman–Crippen MR) is 73.2 cm³/mol. The lowest BCUT2D eigenvalue weighted by Crippen LogP contribution is -2.37. The van der Waals surface area contributed by atoms with Crippen molar-refractivity contribution in [2.75, 3.05) is 6.54 Å². The summed E-state index contributed by atoms with van der Waals surface area (Å²) in [5.74, 6) is 0.407. The number of furan rings is 1. The quantitative estimate of drug-likeness (QED) is 0.786. The fourth-order valence-corrected chi connectivity index (χ4v) is 1.63. The van der Waals surface area contributed by atoms with Crippen molar-refractivity contribution in [3.63, 3.8) is 0 Å². The van der Waals surface area contributed by atoms with E-state index in [1.807, 2.05) is 0 Å². The fraction of sp³-hybridized carbons (Fsp3) is 0.231. The Morgan fingerprint density at radius 1 is 1.40 bits per heavy atom. The van der Waals surface area contributed by atoms with Crippen molar-refractivity contribution in [2.45, 2.75) is 12.6 Å². The molecule has 0 bridgehead atoms. The lowest BCUT2D eigenvalue weighted by atomic mass is 10.3. The zero-order chi connectivity index (χ0) is 14.4. The number of pyridine rings is 1. The maximum absolute atomic E-state index is 11.5. The molecule has 2 rings (SSSR count). The Labute approximate surface area is 120 Å². The molecular weight excluding hydrogens is 282 g/mol. The molecule has 2 heterocycles. The first-order valence-corrected chi connectivity index (χ1v) is 6.36. The standard InChI is InChI=1S/C13H14ClN3O3/c14-9-3-4-10(15-6-9)7-16-13(19)17-8-11(18)12-2-1-5-20-12/h1-6,11,18H,7-8H2,(H2,16,17,19). The molecule has 0 saturated heterocycles. The van der Waals surface area contributed by atoms with Gasteiger partial charge in [0.05, 0.1) is 30.1 Å². The molecule has 0 aromatic carbocycles. The van der Waals surface area contributed by atoms with E-state index in [-0.39, 0.29) is 13.1 Å². The minimum atomic E-state index is -0.871. The SMILES string of the molecule is O=C(NCc1ccc(Cl)cn1)NCC(O)c1ccco1. The van der Waals surface area contributed by atoms with Crippen molar-refractivity contribution in [1.29, 1.82) is 0 Å². The van der Waals surface area contributed by atoms with Gasteiger partial charge in [-0.3, -0.25) is 4.98 Å². The monoisotopic (exact) mass is 295 g/mol. The Balaban J connectivity index is 1.71. The summed E-state index contributed by atoms with van der Waals surface area (Å²) in [4.78, 5) is 15.6. The molecule has 2 amide bonds. The molecule has 2 aromatic heterocycles. The maximum Gasteiger partial charge on any atom is 0.315 e. The van der Waals surface area contributed by atoms with E-state index < -0.39 is 12.1 Å². The molecule has 2 aromatic rings. The van der Waals surface area contributed by atoms with Crippen LogP contribution in [0.15, 0.2) is 41.1 Å². The number of hydrogen-bond donors (Lipinski definition) is 3. The van der Waals surface area contributed by atoms with Gasteiger partial charge in [0.15, 0.2) is 0 Å². The number of aromatic nitrogens is 1. The Hall–Kier alpha value is -2.05. The van der Waals surface area contributed by atoms with Crippen LogP contribution in [0.2, 0.25) is 5.02 Å². The maximum atomic E-state index is 11.5. The first-order chi connectivity index (χ1) is 9.65. The molecular formula is C13H14ClN3O3. The summed E-state index contributed by atoms with van der Waals surface area (Å²) in [5, 5.41) is 15.4. The van der Waals surface area contributed by atoms with Crippen LogP contribution in [0.4, 0.5) is 4.79 Å². The third-order valence-corrected chi connectivity index (χ3v) is 2.77. The summed E-state index contributed by atoms with van der Waals surface area (Å²) in [6.07, 6.45) is 2.10. The number of carbonyl (C=O) groups is 1. The van der Waals surface area contributed by atoms with E-state index in [4.69, 9.17) is 16.0 Å². The summed E-state index contributed by atoms with van der Waals surface area (Å²) < 4.78 is 5.02. The van der Waals surface area contributed by atoms with Gasteiger partial charge < -0.3 is 20.2 Å². The van der Waals surface area contributed by atoms with Crippen LogP contribution < -0.4 is 10.6 Å². The van der Waals surface area contributed by atoms with Gasteiger partial charge in [-0.2, -0.15) is 0 Å². The molecule has 0 aliphatic heterocycles. The van der Waals surface area contributed by atoms with E-state index in [0.717, 1.165) is 0 Å². The van der Waals surface area contributed by atoms with Gasteiger partial charge in [-0.25, -0.2) is 4.79 Å². The molecule has 0 fully saturated rings. The highest BCUT2D eigenvalue weighted by atomic mass is 35.5. The van der Waals surface area contributed by atoms with Crippen LogP contribution in [0, 0.1) is 0 Å². The highest BCUT2D eigenvalue weighted by molar-refractivity contribution is 6.30. The van der Waals surface area contributed by atoms with E-state index in [1.165, 1.54) is 12.5 Å². The Morgan fingerprint density at radius 3 is 2.90 bits per heavy atom. The average Bonchev–Trinajstić information content (AvgIpc) is 2.98. The predicted octanol–water partition coefficient (Wildman–Crippen LogP) is 1.86. The molecule has 7 heteroatoms. The topological polar surface area (TPSA) is 87.4 Å². The Morgan fingerprint density at radius 2 is 2.25 bits per heavy atom. The van der Waals surface area contributed by atoms with Crippen molar-refractivity contribution in [3.8, 4) is 0 Å². The normalized spacial score (nSPS) is 11.9. The van der Waals surface area contributed by atoms with Crippen LogP contribution >= 0.6 is 11.6 Å². The Bertz CT molecular complexity index is 542. The van der Waals surface area contributed by atoms with Gasteiger partial charge in [0.25, 0.3) is 0 Å². The van der Waals surface area contributed by atoms with Crippen molar-refractivity contribution < 1.29 is 14.3 Å². The fourth-order valence-electron chi connectivity index (χ4n) is 1.52. The second-order valence-corrected chi connectivity index (χ2v) is 4.50. The summed E-state index contributed by atoms with van der Waals surface area (Å²) in [7, 11) is 0. The van der Waals surface area contributed by atoms with Gasteiger partial charge in [0.1, 0.15) is 11.9 Å². The van der Waals surface area contributed by atoms with E-state index in [1.54, 1.807) is 24.3 Å². The third kappa shape index (κ3) is 4.25. The molecule has 0 radical (unpaired) electrons. The van der Waals surface area contributed by atoms with Crippen molar-refractivity contribution >= 4 is 17.6 Å². The van der Waals surface area contributed by atoms with Crippen LogP contribution in [-0.4, -0.2) is 22.7 Å². The molecule has 106 valence electrons. The number of aliphatic hydroxyl groups excluding tert-OH is 1. The molecule has 0 aliphatic carbocycles. The number of nitrogens with zero attached hydrogens (tertiary/aromatic N) is 1. The van der Waals surface area contributed by atoms with Crippen LogP contribution in [-0.2, 0) is 6.54 Å². The highest BCUT2D eigenvalue weighted by Crippen LogP contribution is 2.11. The van der Waals surface area contributed by atoms with E-state index in [0.29, 0.717) is 16.5 Å². The van der Waals surface area contributed by atoms with Crippen molar-refractivity contribution in [3.05, 3.63) is 53.2 Å². The number of hydrogen-bond acceptors (Lipinski definition) is 4. The summed E-state index contributed by atoms with van der Waals surface area (Å²) in [5.41, 5.74) is 0.691. The van der Waals surface area contributed by atoms with Gasteiger partial charge in [0.2, 0.25) is 0 Å². The molecule has 20 heavy (non-hydrogen) atoms. The number of rotatable bonds is 5. The highest BCUT2D eigenvalue weighted by Gasteiger charge is 2.11. The minimum Gasteiger partial charge on any atom is -0.467 e. The largest absolute Gasteiger partial charge is 0.467 e. The van der Waals surface area contributed by atoms with Gasteiger partial charge in [0, 0.05) is 6.20 Å². The van der Waals surface area contributed by atoms with Crippen LogP contribution in [0.3, 0.4) is 0 Å². The molecule has 1 unspecified atom stereocenters. The number of carbonyl (C=O) groups excluding carboxylic acids is 1. The average molecular weight is 296 g/mol. The van der Waals surface area contributed by atoms with E-state index >= 15 is 0 Å². The zero-order valence-electron chi connectivity index (χ0n) is 10.5. The first kappa shape index (κ1) is 14.4. The summed E-state index contributed by atoms with van der Waals surface area (Å²) in [6.45, 7) is 0.341. The number of halogens is 1. The Kier molecular flexibility index (Phi) is 4.97. The summed E-state index contributed by atoms with van der Waals surface area (Å²) >= 11 is 5.71. The van der Waals surface area contributed by atoms with Gasteiger partial charge in [-0.05, 0) is 24.3 Å². The smallest absolute Gasteiger partial charge is 0.315 e. The minimum absolute atomic E-state index is 0.0629. The van der Waals surface area contributed by atoms with Gasteiger partial charge in [-0.15, -0.1) is 0 Å². The molecule has 0 spiro atoms. The van der Waals surface area contributed by atoms with Crippen LogP contribution in [0.25, 0.3) is 0 Å². The molecule has 3 N–H and O–H groups in total. The molecule has 0 aliphatic rings. The number of urea groups is 1. The van der Waals surface area contributed by atoms with E-state index in [2.05, 4.69) is 15.6 Å². The van der Waals surface area contributed by atoms with Crippen LogP contribution in [0.1, 0.15) is 17.6 Å². The van der Waals surface area contributed by atoms with Gasteiger partial charge in [-0.1, -0.05) is 11.6 Å². The van der Waals surface area contributed by atoms with Gasteiger partial charge >= 0.3 is 6.03 Å². The number of nitrogens with one attached hydrogen (secondary N) is 2. The molecule has 0 saturated carbocycles. The number of aliphatic hydroxyl groups is 1. The zero-order valence-corrected chi connectivity index (χ0v) is 11.3. The molecule has 6 nitrogen and oxygen atoms in total. The lowest BCUT2D eigenvalue weighted by Gasteiger charge is -2.10. The third-order valence-electron chi connectivity index (χ3n) is 2.55. The summed E-state index contributed by atoms with van der Waals surface area (Å²) in [6, 6.07) is 6.34. The van der Waals surface area contributed by atoms with Crippen molar-refractivity contribution in [2.24, 2.45) is 0 Å².